The SMILES string of the molecule is O=C(Cn1c(=O)oc2ccccc21)NCC1CNNC1c1ccccc1. The van der Waals surface area contributed by atoms with Crippen LogP contribution >= 0.6 is 0 Å². The summed E-state index contributed by atoms with van der Waals surface area (Å²) in [6.45, 7) is 1.22. The van der Waals surface area contributed by atoms with Crippen LogP contribution in [0.5, 0.6) is 0 Å². The number of amides is 1. The van der Waals surface area contributed by atoms with Crippen LogP contribution in [-0.4, -0.2) is 23.6 Å². The van der Waals surface area contributed by atoms with E-state index < -0.39 is 5.76 Å². The number of benzene rings is 2. The van der Waals surface area contributed by atoms with E-state index in [1.165, 1.54) is 10.1 Å². The molecule has 1 saturated heterocycles. The number of carbonyl (C=O) groups is 1. The first-order valence-electron chi connectivity index (χ1n) is 8.61. The zero-order valence-electron chi connectivity index (χ0n) is 14.1. The largest absolute Gasteiger partial charge is 0.420 e. The summed E-state index contributed by atoms with van der Waals surface area (Å²) < 4.78 is 6.51. The van der Waals surface area contributed by atoms with Crippen molar-refractivity contribution in [1.29, 1.82) is 0 Å². The van der Waals surface area contributed by atoms with Gasteiger partial charge in [0.05, 0.1) is 11.6 Å². The molecule has 3 N–H and O–H groups in total. The van der Waals surface area contributed by atoms with E-state index in [1.807, 2.05) is 24.3 Å². The quantitative estimate of drug-likeness (QED) is 0.642. The summed E-state index contributed by atoms with van der Waals surface area (Å²) in [6.07, 6.45) is 0. The summed E-state index contributed by atoms with van der Waals surface area (Å²) >= 11 is 0. The molecule has 2 heterocycles. The Hall–Kier alpha value is -2.90. The Morgan fingerprint density at radius 1 is 1.15 bits per heavy atom. The van der Waals surface area contributed by atoms with Gasteiger partial charge in [-0.3, -0.25) is 14.8 Å². The minimum atomic E-state index is -0.521. The van der Waals surface area contributed by atoms with Gasteiger partial charge in [0, 0.05) is 19.0 Å². The molecule has 1 aliphatic rings. The molecule has 1 amide bonds. The molecular formula is C19H20N4O3. The summed E-state index contributed by atoms with van der Waals surface area (Å²) in [7, 11) is 0. The van der Waals surface area contributed by atoms with Crippen molar-refractivity contribution in [2.45, 2.75) is 12.6 Å². The van der Waals surface area contributed by atoms with E-state index >= 15 is 0 Å². The summed E-state index contributed by atoms with van der Waals surface area (Å²) in [6, 6.07) is 17.3. The number of oxazole rings is 1. The summed E-state index contributed by atoms with van der Waals surface area (Å²) in [5.41, 5.74) is 8.69. The van der Waals surface area contributed by atoms with Gasteiger partial charge < -0.3 is 9.73 Å². The molecule has 0 radical (unpaired) electrons. The van der Waals surface area contributed by atoms with Crippen molar-refractivity contribution in [2.75, 3.05) is 13.1 Å². The van der Waals surface area contributed by atoms with E-state index in [9.17, 15) is 9.59 Å². The van der Waals surface area contributed by atoms with Crippen LogP contribution in [0.2, 0.25) is 0 Å². The van der Waals surface area contributed by atoms with Crippen LogP contribution in [0.4, 0.5) is 0 Å². The highest BCUT2D eigenvalue weighted by Gasteiger charge is 2.28. The van der Waals surface area contributed by atoms with E-state index in [1.54, 1.807) is 18.2 Å². The van der Waals surface area contributed by atoms with Gasteiger partial charge >= 0.3 is 5.76 Å². The van der Waals surface area contributed by atoms with Gasteiger partial charge in [-0.25, -0.2) is 10.2 Å². The van der Waals surface area contributed by atoms with Crippen molar-refractivity contribution in [2.24, 2.45) is 5.92 Å². The number of carbonyl (C=O) groups excluding carboxylic acids is 1. The molecule has 0 aliphatic carbocycles. The molecule has 1 fully saturated rings. The Balaban J connectivity index is 1.41. The topological polar surface area (TPSA) is 88.3 Å². The number of hydrogen-bond acceptors (Lipinski definition) is 5. The summed E-state index contributed by atoms with van der Waals surface area (Å²) in [4.78, 5) is 24.3. The normalized spacial score (nSPS) is 19.7. The maximum absolute atomic E-state index is 12.4. The Morgan fingerprint density at radius 3 is 2.77 bits per heavy atom. The van der Waals surface area contributed by atoms with Gasteiger partial charge in [-0.15, -0.1) is 0 Å². The average molecular weight is 352 g/mol. The molecule has 26 heavy (non-hydrogen) atoms. The fourth-order valence-electron chi connectivity index (χ4n) is 3.35. The van der Waals surface area contributed by atoms with Crippen LogP contribution in [0, 0.1) is 5.92 Å². The number of fused-ring (bicyclic) bond motifs is 1. The Morgan fingerprint density at radius 2 is 1.92 bits per heavy atom. The monoisotopic (exact) mass is 352 g/mol. The van der Waals surface area contributed by atoms with Crippen molar-refractivity contribution in [3.63, 3.8) is 0 Å². The minimum absolute atomic E-state index is 0.0561. The highest BCUT2D eigenvalue weighted by atomic mass is 16.4. The molecule has 7 nitrogen and oxygen atoms in total. The Kier molecular flexibility index (Phi) is 4.55. The molecule has 0 saturated carbocycles. The molecule has 7 heteroatoms. The number of rotatable bonds is 5. The molecule has 2 aromatic carbocycles. The Labute approximate surface area is 150 Å². The lowest BCUT2D eigenvalue weighted by Gasteiger charge is -2.19. The molecule has 134 valence electrons. The maximum Gasteiger partial charge on any atom is 0.420 e. The van der Waals surface area contributed by atoms with Crippen LogP contribution in [0.15, 0.2) is 63.8 Å². The predicted octanol–water partition coefficient (Wildman–Crippen LogP) is 1.18. The number of hydrogen-bond donors (Lipinski definition) is 3. The maximum atomic E-state index is 12.4. The number of para-hydroxylation sites is 2. The van der Waals surface area contributed by atoms with Gasteiger partial charge in [-0.2, -0.15) is 0 Å². The van der Waals surface area contributed by atoms with Crippen LogP contribution in [0.1, 0.15) is 11.6 Å². The molecule has 3 aromatic rings. The minimum Gasteiger partial charge on any atom is -0.408 e. The first-order valence-corrected chi connectivity index (χ1v) is 8.61. The van der Waals surface area contributed by atoms with Crippen LogP contribution in [-0.2, 0) is 11.3 Å². The highest BCUT2D eigenvalue weighted by Crippen LogP contribution is 2.23. The third-order valence-electron chi connectivity index (χ3n) is 4.69. The van der Waals surface area contributed by atoms with Crippen molar-refractivity contribution >= 4 is 17.0 Å². The second-order valence-electron chi connectivity index (χ2n) is 6.40. The number of hydrazine groups is 1. The zero-order valence-corrected chi connectivity index (χ0v) is 14.1. The number of nitrogens with one attached hydrogen (secondary N) is 3. The van der Waals surface area contributed by atoms with Crippen LogP contribution in [0.3, 0.4) is 0 Å². The predicted molar refractivity (Wildman–Crippen MR) is 97.3 cm³/mol. The average Bonchev–Trinajstić information content (AvgIpc) is 3.25. The molecule has 1 aromatic heterocycles. The first-order chi connectivity index (χ1) is 12.7. The standard InChI is InChI=1S/C19H20N4O3/c24-17(12-23-15-8-4-5-9-16(15)26-19(23)25)20-10-14-11-21-22-18(14)13-6-2-1-3-7-13/h1-9,14,18,21-22H,10-12H2,(H,20,24). The van der Waals surface area contributed by atoms with E-state index in [0.29, 0.717) is 17.6 Å². The fourth-order valence-corrected chi connectivity index (χ4v) is 3.35. The van der Waals surface area contributed by atoms with Crippen LogP contribution < -0.4 is 21.9 Å². The van der Waals surface area contributed by atoms with E-state index in [-0.39, 0.29) is 24.4 Å². The fraction of sp³-hybridized carbons (Fsp3) is 0.263. The lowest BCUT2D eigenvalue weighted by Crippen LogP contribution is -2.36. The van der Waals surface area contributed by atoms with Crippen molar-refractivity contribution in [3.05, 3.63) is 70.7 Å². The lowest BCUT2D eigenvalue weighted by atomic mass is 9.95. The van der Waals surface area contributed by atoms with Gasteiger partial charge in [0.15, 0.2) is 5.58 Å². The van der Waals surface area contributed by atoms with Crippen LogP contribution in [0.25, 0.3) is 11.1 Å². The first kappa shape index (κ1) is 16.6. The second kappa shape index (κ2) is 7.15. The molecule has 1 aliphatic heterocycles. The molecule has 2 unspecified atom stereocenters. The smallest absolute Gasteiger partial charge is 0.408 e. The summed E-state index contributed by atoms with van der Waals surface area (Å²) in [5.74, 6) is -0.510. The van der Waals surface area contributed by atoms with Crippen molar-refractivity contribution in [1.82, 2.24) is 20.7 Å². The van der Waals surface area contributed by atoms with E-state index in [0.717, 1.165) is 6.54 Å². The molecule has 2 atom stereocenters. The van der Waals surface area contributed by atoms with Gasteiger partial charge in [-0.1, -0.05) is 42.5 Å². The lowest BCUT2D eigenvalue weighted by molar-refractivity contribution is -0.121. The van der Waals surface area contributed by atoms with Crippen molar-refractivity contribution < 1.29 is 9.21 Å². The molecule has 0 spiro atoms. The number of aromatic nitrogens is 1. The molecule has 0 bridgehead atoms. The molecular weight excluding hydrogens is 332 g/mol. The van der Waals surface area contributed by atoms with E-state index in [4.69, 9.17) is 4.42 Å². The van der Waals surface area contributed by atoms with Gasteiger partial charge in [0.1, 0.15) is 6.54 Å². The summed E-state index contributed by atoms with van der Waals surface area (Å²) in [5, 5.41) is 2.93. The zero-order chi connectivity index (χ0) is 17.9. The van der Waals surface area contributed by atoms with Gasteiger partial charge in [0.2, 0.25) is 5.91 Å². The van der Waals surface area contributed by atoms with E-state index in [2.05, 4.69) is 28.3 Å². The number of nitrogens with zero attached hydrogens (tertiary/aromatic N) is 1. The van der Waals surface area contributed by atoms with Gasteiger partial charge in [0.25, 0.3) is 0 Å². The molecule has 4 rings (SSSR count). The van der Waals surface area contributed by atoms with Crippen molar-refractivity contribution in [3.8, 4) is 0 Å². The highest BCUT2D eigenvalue weighted by molar-refractivity contribution is 5.79. The second-order valence-corrected chi connectivity index (χ2v) is 6.40. The Bertz CT molecular complexity index is 964. The third kappa shape index (κ3) is 3.26. The third-order valence-corrected chi connectivity index (χ3v) is 4.69. The van der Waals surface area contributed by atoms with Gasteiger partial charge in [-0.05, 0) is 17.7 Å².